The number of carbonyl (C=O) groups is 1. The number of benzene rings is 2. The van der Waals surface area contributed by atoms with E-state index in [-0.39, 0.29) is 12.1 Å². The summed E-state index contributed by atoms with van der Waals surface area (Å²) in [7, 11) is 0. The van der Waals surface area contributed by atoms with Crippen LogP contribution in [0.1, 0.15) is 24.1 Å². The lowest BCUT2D eigenvalue weighted by Crippen LogP contribution is -2.36. The first-order chi connectivity index (χ1) is 12.1. The molecule has 0 aliphatic heterocycles. The van der Waals surface area contributed by atoms with Gasteiger partial charge in [-0.25, -0.2) is 9.78 Å². The summed E-state index contributed by atoms with van der Waals surface area (Å²) < 4.78 is 1.01. The first kappa shape index (κ1) is 17.2. The van der Waals surface area contributed by atoms with Crippen molar-refractivity contribution >= 4 is 22.0 Å². The number of aromatic amines is 1. The Morgan fingerprint density at radius 2 is 2.04 bits per heavy atom. The van der Waals surface area contributed by atoms with Gasteiger partial charge in [0.1, 0.15) is 6.33 Å². The molecule has 1 aromatic heterocycles. The minimum Gasteiger partial charge on any atom is -0.334 e. The van der Waals surface area contributed by atoms with E-state index in [1.165, 1.54) is 6.33 Å². The summed E-state index contributed by atoms with van der Waals surface area (Å²) in [5.74, 6) is 0.704. The average molecular weight is 400 g/mol. The maximum atomic E-state index is 12.1. The molecule has 25 heavy (non-hydrogen) atoms. The molecule has 1 heterocycles. The summed E-state index contributed by atoms with van der Waals surface area (Å²) in [5, 5.41) is 12.5. The van der Waals surface area contributed by atoms with E-state index in [2.05, 4.69) is 41.7 Å². The Morgan fingerprint density at radius 3 is 2.76 bits per heavy atom. The van der Waals surface area contributed by atoms with Gasteiger partial charge in [-0.1, -0.05) is 46.3 Å². The number of nitrogens with one attached hydrogen (secondary N) is 3. The van der Waals surface area contributed by atoms with Crippen LogP contribution in [0.4, 0.5) is 4.79 Å². The molecule has 0 spiro atoms. The summed E-state index contributed by atoms with van der Waals surface area (Å²) in [4.78, 5) is 16.3. The van der Waals surface area contributed by atoms with Crippen LogP contribution in [-0.2, 0) is 6.54 Å². The first-order valence-corrected chi connectivity index (χ1v) is 8.65. The van der Waals surface area contributed by atoms with E-state index in [0.717, 1.165) is 21.2 Å². The Morgan fingerprint density at radius 1 is 1.24 bits per heavy atom. The van der Waals surface area contributed by atoms with Crippen molar-refractivity contribution in [1.82, 2.24) is 25.8 Å². The molecule has 3 rings (SSSR count). The number of aromatic nitrogens is 3. The smallest absolute Gasteiger partial charge is 0.315 e. The van der Waals surface area contributed by atoms with Crippen molar-refractivity contribution in [1.29, 1.82) is 0 Å². The summed E-state index contributed by atoms with van der Waals surface area (Å²) in [6.07, 6.45) is 1.47. The van der Waals surface area contributed by atoms with E-state index in [4.69, 9.17) is 0 Å². The van der Waals surface area contributed by atoms with Crippen LogP contribution in [0.3, 0.4) is 0 Å². The van der Waals surface area contributed by atoms with Crippen LogP contribution in [0.5, 0.6) is 0 Å². The number of rotatable bonds is 5. The summed E-state index contributed by atoms with van der Waals surface area (Å²) in [6.45, 7) is 2.38. The Kier molecular flexibility index (Phi) is 5.45. The van der Waals surface area contributed by atoms with Crippen molar-refractivity contribution in [2.45, 2.75) is 19.5 Å². The van der Waals surface area contributed by atoms with Gasteiger partial charge >= 0.3 is 6.03 Å². The highest BCUT2D eigenvalue weighted by molar-refractivity contribution is 9.10. The molecule has 1 atom stereocenters. The third-order valence-electron chi connectivity index (χ3n) is 3.79. The zero-order valence-corrected chi connectivity index (χ0v) is 15.2. The van der Waals surface area contributed by atoms with Gasteiger partial charge in [-0.15, -0.1) is 0 Å². The average Bonchev–Trinajstić information content (AvgIpc) is 3.15. The number of carbonyl (C=O) groups excluding carboxylic acids is 1. The lowest BCUT2D eigenvalue weighted by atomic mass is 10.1. The fraction of sp³-hybridized carbons (Fsp3) is 0.167. The van der Waals surface area contributed by atoms with Crippen LogP contribution in [0.15, 0.2) is 59.3 Å². The highest BCUT2D eigenvalue weighted by atomic mass is 79.9. The van der Waals surface area contributed by atoms with Crippen LogP contribution >= 0.6 is 15.9 Å². The van der Waals surface area contributed by atoms with E-state index in [1.807, 2.05) is 55.5 Å². The molecular formula is C18H18BrN5O. The lowest BCUT2D eigenvalue weighted by molar-refractivity contribution is 0.237. The van der Waals surface area contributed by atoms with Gasteiger partial charge in [0.15, 0.2) is 5.82 Å². The molecule has 0 aliphatic carbocycles. The number of amides is 2. The van der Waals surface area contributed by atoms with E-state index in [1.54, 1.807) is 0 Å². The zero-order chi connectivity index (χ0) is 17.6. The molecule has 128 valence electrons. The van der Waals surface area contributed by atoms with Crippen LogP contribution < -0.4 is 10.6 Å². The van der Waals surface area contributed by atoms with Gasteiger partial charge in [0.25, 0.3) is 0 Å². The van der Waals surface area contributed by atoms with E-state index < -0.39 is 0 Å². The monoisotopic (exact) mass is 399 g/mol. The van der Waals surface area contributed by atoms with Crippen molar-refractivity contribution < 1.29 is 4.79 Å². The number of H-pyrrole nitrogens is 1. The number of hydrogen-bond donors (Lipinski definition) is 3. The van der Waals surface area contributed by atoms with Gasteiger partial charge in [-0.3, -0.25) is 5.10 Å². The third kappa shape index (κ3) is 4.67. The van der Waals surface area contributed by atoms with Crippen molar-refractivity contribution in [3.8, 4) is 11.4 Å². The summed E-state index contributed by atoms with van der Waals surface area (Å²) in [5.41, 5.74) is 2.96. The molecule has 2 amide bonds. The van der Waals surface area contributed by atoms with Crippen molar-refractivity contribution in [3.63, 3.8) is 0 Å². The third-order valence-corrected chi connectivity index (χ3v) is 4.31. The van der Waals surface area contributed by atoms with Crippen LogP contribution in [0.25, 0.3) is 11.4 Å². The molecule has 0 fully saturated rings. The maximum absolute atomic E-state index is 12.1. The summed E-state index contributed by atoms with van der Waals surface area (Å²) in [6, 6.07) is 15.4. The van der Waals surface area contributed by atoms with Crippen LogP contribution in [0, 0.1) is 0 Å². The molecule has 0 aliphatic rings. The molecular weight excluding hydrogens is 382 g/mol. The molecule has 0 saturated heterocycles. The zero-order valence-electron chi connectivity index (χ0n) is 13.7. The summed E-state index contributed by atoms with van der Waals surface area (Å²) >= 11 is 3.41. The normalized spacial score (nSPS) is 11.8. The molecule has 7 heteroatoms. The molecule has 2 aromatic carbocycles. The number of urea groups is 1. The molecule has 3 aromatic rings. The largest absolute Gasteiger partial charge is 0.334 e. The van der Waals surface area contributed by atoms with Gasteiger partial charge in [0.2, 0.25) is 0 Å². The second kappa shape index (κ2) is 7.94. The minimum absolute atomic E-state index is 0.0753. The number of nitrogens with zero attached hydrogens (tertiary/aromatic N) is 2. The van der Waals surface area contributed by atoms with E-state index in [9.17, 15) is 4.79 Å². The predicted molar refractivity (Wildman–Crippen MR) is 99.7 cm³/mol. The Hall–Kier alpha value is -2.67. The Labute approximate surface area is 154 Å². The van der Waals surface area contributed by atoms with Crippen LogP contribution in [-0.4, -0.2) is 21.2 Å². The lowest BCUT2D eigenvalue weighted by Gasteiger charge is -2.15. The number of halogens is 1. The van der Waals surface area contributed by atoms with Crippen molar-refractivity contribution in [3.05, 3.63) is 70.5 Å². The Bertz CT molecular complexity index is 833. The molecule has 1 unspecified atom stereocenters. The minimum atomic E-state index is -0.208. The Balaban J connectivity index is 1.55. The van der Waals surface area contributed by atoms with Gasteiger partial charge in [0, 0.05) is 16.6 Å². The molecule has 6 nitrogen and oxygen atoms in total. The fourth-order valence-corrected chi connectivity index (χ4v) is 2.70. The highest BCUT2D eigenvalue weighted by Crippen LogP contribution is 2.17. The van der Waals surface area contributed by atoms with E-state index in [0.29, 0.717) is 12.4 Å². The van der Waals surface area contributed by atoms with Gasteiger partial charge in [0.05, 0.1) is 6.04 Å². The number of hydrogen-bond acceptors (Lipinski definition) is 3. The highest BCUT2D eigenvalue weighted by Gasteiger charge is 2.09. The second-order valence-electron chi connectivity index (χ2n) is 5.63. The predicted octanol–water partition coefficient (Wildman–Crippen LogP) is 3.79. The first-order valence-electron chi connectivity index (χ1n) is 7.86. The topological polar surface area (TPSA) is 82.7 Å². The van der Waals surface area contributed by atoms with Gasteiger partial charge < -0.3 is 10.6 Å². The molecule has 0 bridgehead atoms. The van der Waals surface area contributed by atoms with Gasteiger partial charge in [-0.05, 0) is 36.2 Å². The molecule has 0 saturated carbocycles. The fourth-order valence-electron chi connectivity index (χ4n) is 2.44. The maximum Gasteiger partial charge on any atom is 0.315 e. The van der Waals surface area contributed by atoms with Crippen LogP contribution in [0.2, 0.25) is 0 Å². The standard InChI is InChI=1S/C18H18BrN5O/c1-12(14-5-7-16(19)8-6-14)23-18(25)20-10-13-3-2-4-15(9-13)17-21-11-22-24-17/h2-9,11-12H,10H2,1H3,(H2,20,23,25)(H,21,22,24). The van der Waals surface area contributed by atoms with Crippen molar-refractivity contribution in [2.24, 2.45) is 0 Å². The van der Waals surface area contributed by atoms with E-state index >= 15 is 0 Å². The van der Waals surface area contributed by atoms with Gasteiger partial charge in [-0.2, -0.15) is 5.10 Å². The second-order valence-corrected chi connectivity index (χ2v) is 6.55. The SMILES string of the molecule is CC(NC(=O)NCc1cccc(-c2ncn[nH]2)c1)c1ccc(Br)cc1. The molecule has 3 N–H and O–H groups in total. The molecule has 0 radical (unpaired) electrons. The quantitative estimate of drug-likeness (QED) is 0.610. The van der Waals surface area contributed by atoms with Crippen molar-refractivity contribution in [2.75, 3.05) is 0 Å².